The van der Waals surface area contributed by atoms with Crippen molar-refractivity contribution >= 4 is 29.1 Å². The Morgan fingerprint density at radius 2 is 1.81 bits per heavy atom. The first-order valence-electron chi connectivity index (χ1n) is 11.7. The van der Waals surface area contributed by atoms with Crippen LogP contribution in [0.3, 0.4) is 0 Å². The van der Waals surface area contributed by atoms with Gasteiger partial charge in [0.15, 0.2) is 11.5 Å². The summed E-state index contributed by atoms with van der Waals surface area (Å²) in [4.78, 5) is 17.8. The Morgan fingerprint density at radius 1 is 1.05 bits per heavy atom. The van der Waals surface area contributed by atoms with Crippen LogP contribution in [0.4, 0.5) is 11.6 Å². The topological polar surface area (TPSA) is 90.3 Å². The lowest BCUT2D eigenvalue weighted by atomic mass is 9.94. The number of hydrogen-bond donors (Lipinski definition) is 2. The van der Waals surface area contributed by atoms with Gasteiger partial charge in [-0.05, 0) is 61.4 Å². The molecular formula is C28H26ClN5O3. The third kappa shape index (κ3) is 5.15. The van der Waals surface area contributed by atoms with Crippen molar-refractivity contribution in [2.45, 2.75) is 26.5 Å². The summed E-state index contributed by atoms with van der Waals surface area (Å²) in [7, 11) is 1.59. The number of methoxy groups -OCH3 is 1. The molecule has 1 atom stereocenters. The average Bonchev–Trinajstić information content (AvgIpc) is 3.37. The Bertz CT molecular complexity index is 1460. The summed E-state index contributed by atoms with van der Waals surface area (Å²) < 4.78 is 13.4. The molecule has 1 aliphatic rings. The maximum Gasteiger partial charge on any atom is 0.255 e. The average molecular weight is 516 g/mol. The number of halogens is 1. The summed E-state index contributed by atoms with van der Waals surface area (Å²) >= 11 is 6.00. The van der Waals surface area contributed by atoms with Crippen molar-refractivity contribution in [2.75, 3.05) is 17.7 Å². The monoisotopic (exact) mass is 515 g/mol. The SMILES string of the molecule is COc1cc([C@@H]2C(C(=O)Nc3ccc(Cl)cc3)=C(C)Nc3ncnn32)ccc1OCc1ccc(C)cc1. The highest BCUT2D eigenvalue weighted by molar-refractivity contribution is 6.30. The van der Waals surface area contributed by atoms with E-state index in [2.05, 4.69) is 32.8 Å². The molecule has 1 aromatic heterocycles. The van der Waals surface area contributed by atoms with Crippen molar-refractivity contribution in [3.63, 3.8) is 0 Å². The first kappa shape index (κ1) is 24.4. The molecule has 4 aromatic rings. The van der Waals surface area contributed by atoms with Gasteiger partial charge in [-0.3, -0.25) is 4.79 Å². The van der Waals surface area contributed by atoms with Crippen LogP contribution in [0.25, 0.3) is 0 Å². The zero-order valence-corrected chi connectivity index (χ0v) is 21.4. The van der Waals surface area contributed by atoms with E-state index in [0.29, 0.717) is 46.0 Å². The molecule has 1 aliphatic heterocycles. The lowest BCUT2D eigenvalue weighted by Crippen LogP contribution is -2.31. The zero-order chi connectivity index (χ0) is 25.9. The smallest absolute Gasteiger partial charge is 0.255 e. The minimum atomic E-state index is -0.536. The van der Waals surface area contributed by atoms with E-state index in [1.807, 2.05) is 44.2 Å². The number of ether oxygens (including phenoxy) is 2. The molecular weight excluding hydrogens is 490 g/mol. The summed E-state index contributed by atoms with van der Waals surface area (Å²) in [6, 6.07) is 20.2. The summed E-state index contributed by atoms with van der Waals surface area (Å²) in [6.07, 6.45) is 1.46. The van der Waals surface area contributed by atoms with E-state index in [1.54, 1.807) is 36.1 Å². The lowest BCUT2D eigenvalue weighted by Gasteiger charge is -2.29. The van der Waals surface area contributed by atoms with E-state index in [-0.39, 0.29) is 5.91 Å². The van der Waals surface area contributed by atoms with Crippen LogP contribution in [-0.4, -0.2) is 27.8 Å². The van der Waals surface area contributed by atoms with Crippen molar-refractivity contribution in [3.05, 3.63) is 106 Å². The normalized spacial score (nSPS) is 14.5. The molecule has 0 saturated carbocycles. The van der Waals surface area contributed by atoms with Crippen LogP contribution in [-0.2, 0) is 11.4 Å². The molecule has 2 heterocycles. The molecule has 0 spiro atoms. The van der Waals surface area contributed by atoms with Gasteiger partial charge in [0.1, 0.15) is 19.0 Å². The van der Waals surface area contributed by atoms with Crippen molar-refractivity contribution in [2.24, 2.45) is 0 Å². The molecule has 2 N–H and O–H groups in total. The number of carbonyl (C=O) groups excluding carboxylic acids is 1. The van der Waals surface area contributed by atoms with Gasteiger partial charge in [0, 0.05) is 16.4 Å². The number of amides is 1. The summed E-state index contributed by atoms with van der Waals surface area (Å²) in [5.74, 6) is 1.44. The fraction of sp³-hybridized carbons (Fsp3) is 0.179. The van der Waals surface area contributed by atoms with Crippen LogP contribution in [0.5, 0.6) is 11.5 Å². The van der Waals surface area contributed by atoms with Crippen molar-refractivity contribution in [1.29, 1.82) is 0 Å². The van der Waals surface area contributed by atoms with Crippen LogP contribution < -0.4 is 20.1 Å². The Morgan fingerprint density at radius 3 is 2.54 bits per heavy atom. The molecule has 37 heavy (non-hydrogen) atoms. The van der Waals surface area contributed by atoms with Crippen molar-refractivity contribution < 1.29 is 14.3 Å². The maximum atomic E-state index is 13.5. The Kier molecular flexibility index (Phi) is 6.83. The van der Waals surface area contributed by atoms with E-state index in [4.69, 9.17) is 21.1 Å². The summed E-state index contributed by atoms with van der Waals surface area (Å²) in [5.41, 5.74) is 4.86. The standard InChI is InChI=1S/C28H26ClN5O3/c1-17-4-6-19(7-5-17)15-37-23-13-8-20(14-24(23)36-3)26-25(18(2)32-28-30-16-31-34(26)28)27(35)33-22-11-9-21(29)10-12-22/h4-14,16,26H,15H2,1-3H3,(H,33,35)(H,30,31,32)/t26-/m1/s1. The largest absolute Gasteiger partial charge is 0.493 e. The number of benzene rings is 3. The van der Waals surface area contributed by atoms with Gasteiger partial charge in [0.2, 0.25) is 5.95 Å². The molecule has 0 unspecified atom stereocenters. The number of rotatable bonds is 7. The number of anilines is 2. The molecule has 1 amide bonds. The molecule has 9 heteroatoms. The predicted molar refractivity (Wildman–Crippen MR) is 143 cm³/mol. The summed E-state index contributed by atoms with van der Waals surface area (Å²) in [6.45, 7) is 4.30. The maximum absolute atomic E-state index is 13.5. The van der Waals surface area contributed by atoms with Crippen LogP contribution >= 0.6 is 11.6 Å². The first-order valence-corrected chi connectivity index (χ1v) is 12.1. The second kappa shape index (κ2) is 10.4. The molecule has 8 nitrogen and oxygen atoms in total. The lowest BCUT2D eigenvalue weighted by molar-refractivity contribution is -0.113. The fourth-order valence-corrected chi connectivity index (χ4v) is 4.37. The molecule has 3 aromatic carbocycles. The van der Waals surface area contributed by atoms with E-state index in [0.717, 1.165) is 11.1 Å². The Labute approximate surface area is 219 Å². The fourth-order valence-electron chi connectivity index (χ4n) is 4.24. The van der Waals surface area contributed by atoms with Gasteiger partial charge < -0.3 is 20.1 Å². The van der Waals surface area contributed by atoms with Gasteiger partial charge in [0.25, 0.3) is 5.91 Å². The van der Waals surface area contributed by atoms with Crippen molar-refractivity contribution in [1.82, 2.24) is 14.8 Å². The van der Waals surface area contributed by atoms with Crippen LogP contribution in [0.15, 0.2) is 84.3 Å². The molecule has 0 fully saturated rings. The van der Waals surface area contributed by atoms with Gasteiger partial charge in [-0.1, -0.05) is 47.5 Å². The van der Waals surface area contributed by atoms with E-state index >= 15 is 0 Å². The van der Waals surface area contributed by atoms with E-state index in [9.17, 15) is 4.79 Å². The van der Waals surface area contributed by atoms with Crippen LogP contribution in [0, 0.1) is 6.92 Å². The molecule has 0 saturated heterocycles. The van der Waals surface area contributed by atoms with Gasteiger partial charge in [0.05, 0.1) is 12.7 Å². The number of hydrogen-bond acceptors (Lipinski definition) is 6. The number of fused-ring (bicyclic) bond motifs is 1. The van der Waals surface area contributed by atoms with Gasteiger partial charge in [-0.25, -0.2) is 4.68 Å². The highest BCUT2D eigenvalue weighted by Gasteiger charge is 2.34. The Balaban J connectivity index is 1.46. The van der Waals surface area contributed by atoms with Crippen molar-refractivity contribution in [3.8, 4) is 11.5 Å². The summed E-state index contributed by atoms with van der Waals surface area (Å²) in [5, 5.41) is 11.1. The Hall–Kier alpha value is -4.30. The van der Waals surface area contributed by atoms with E-state index < -0.39 is 6.04 Å². The minimum Gasteiger partial charge on any atom is -0.493 e. The molecule has 0 bridgehead atoms. The zero-order valence-electron chi connectivity index (χ0n) is 20.7. The minimum absolute atomic E-state index is 0.267. The predicted octanol–water partition coefficient (Wildman–Crippen LogP) is 5.76. The number of nitrogens with one attached hydrogen (secondary N) is 2. The van der Waals surface area contributed by atoms with E-state index in [1.165, 1.54) is 11.9 Å². The number of aryl methyl sites for hydroxylation is 1. The van der Waals surface area contributed by atoms with Gasteiger partial charge in [-0.15, -0.1) is 0 Å². The van der Waals surface area contributed by atoms with Crippen LogP contribution in [0.2, 0.25) is 5.02 Å². The first-order chi connectivity index (χ1) is 17.9. The molecule has 188 valence electrons. The second-order valence-corrected chi connectivity index (χ2v) is 9.18. The number of aromatic nitrogens is 3. The number of nitrogens with zero attached hydrogens (tertiary/aromatic N) is 3. The second-order valence-electron chi connectivity index (χ2n) is 8.74. The van der Waals surface area contributed by atoms with Gasteiger partial charge in [-0.2, -0.15) is 10.1 Å². The highest BCUT2D eigenvalue weighted by atomic mass is 35.5. The number of carbonyl (C=O) groups is 1. The quantitative estimate of drug-likeness (QED) is 0.325. The third-order valence-corrected chi connectivity index (χ3v) is 6.41. The molecule has 0 radical (unpaired) electrons. The van der Waals surface area contributed by atoms with Gasteiger partial charge >= 0.3 is 0 Å². The number of allylic oxidation sites excluding steroid dienone is 1. The highest BCUT2D eigenvalue weighted by Crippen LogP contribution is 2.39. The molecule has 5 rings (SSSR count). The van der Waals surface area contributed by atoms with Crippen LogP contribution in [0.1, 0.15) is 29.7 Å². The molecule has 0 aliphatic carbocycles. The third-order valence-electron chi connectivity index (χ3n) is 6.16.